The zero-order valence-electron chi connectivity index (χ0n) is 12.6. The van der Waals surface area contributed by atoms with E-state index < -0.39 is 0 Å². The van der Waals surface area contributed by atoms with Gasteiger partial charge in [0, 0.05) is 12.8 Å². The van der Waals surface area contributed by atoms with E-state index in [0.29, 0.717) is 0 Å². The third kappa shape index (κ3) is 3.52. The van der Waals surface area contributed by atoms with Gasteiger partial charge < -0.3 is 10.2 Å². The van der Waals surface area contributed by atoms with Crippen LogP contribution < -0.4 is 0 Å². The van der Waals surface area contributed by atoms with Gasteiger partial charge in [-0.2, -0.15) is 0 Å². The average Bonchev–Trinajstić information content (AvgIpc) is 2.49. The van der Waals surface area contributed by atoms with Gasteiger partial charge in [-0.3, -0.25) is 9.59 Å². The van der Waals surface area contributed by atoms with Crippen molar-refractivity contribution >= 4 is 11.6 Å². The third-order valence-electron chi connectivity index (χ3n) is 3.48. The maximum Gasteiger partial charge on any atom is 0.167 e. The predicted molar refractivity (Wildman–Crippen MR) is 83.6 cm³/mol. The monoisotopic (exact) mass is 298 g/mol. The maximum atomic E-state index is 12.1. The first-order chi connectivity index (χ1) is 10.4. The molecule has 0 unspecified atom stereocenters. The lowest BCUT2D eigenvalue weighted by molar-refractivity contribution is 0.0914. The Kier molecular flexibility index (Phi) is 4.61. The van der Waals surface area contributed by atoms with Gasteiger partial charge in [0.2, 0.25) is 0 Å². The lowest BCUT2D eigenvalue weighted by Gasteiger charge is -2.06. The second-order valence-electron chi connectivity index (χ2n) is 5.39. The van der Waals surface area contributed by atoms with Crippen molar-refractivity contribution in [1.29, 1.82) is 0 Å². The van der Waals surface area contributed by atoms with E-state index in [1.165, 1.54) is 12.1 Å². The summed E-state index contributed by atoms with van der Waals surface area (Å²) in [4.78, 5) is 24.3. The second-order valence-corrected chi connectivity index (χ2v) is 5.39. The maximum absolute atomic E-state index is 12.1. The largest absolute Gasteiger partial charge is 0.507 e. The van der Waals surface area contributed by atoms with Gasteiger partial charge >= 0.3 is 0 Å². The first kappa shape index (κ1) is 15.8. The van der Waals surface area contributed by atoms with Crippen molar-refractivity contribution in [1.82, 2.24) is 0 Å². The molecular weight excluding hydrogens is 280 g/mol. The summed E-state index contributed by atoms with van der Waals surface area (Å²) in [5, 5.41) is 19.4. The van der Waals surface area contributed by atoms with Crippen LogP contribution in [0.25, 0.3) is 0 Å². The molecule has 2 aromatic rings. The van der Waals surface area contributed by atoms with Gasteiger partial charge in [-0.25, -0.2) is 0 Å². The summed E-state index contributed by atoms with van der Waals surface area (Å²) in [6.45, 7) is 3.65. The van der Waals surface area contributed by atoms with Crippen LogP contribution in [0.4, 0.5) is 0 Å². The molecule has 0 saturated carbocycles. The standard InChI is InChI=1S/C18H18O4/c1-11-3-5-15(19)13(9-11)17(21)7-8-18(22)14-10-12(2)4-6-16(14)20/h3-6,9-10,19-20H,7-8H2,1-2H3. The smallest absolute Gasteiger partial charge is 0.167 e. The first-order valence-corrected chi connectivity index (χ1v) is 7.04. The van der Waals surface area contributed by atoms with Crippen molar-refractivity contribution in [3.05, 3.63) is 58.7 Å². The normalized spacial score (nSPS) is 10.5. The molecule has 4 nitrogen and oxygen atoms in total. The van der Waals surface area contributed by atoms with Crippen LogP contribution in [0.2, 0.25) is 0 Å². The molecular formula is C18H18O4. The summed E-state index contributed by atoms with van der Waals surface area (Å²) in [6, 6.07) is 9.57. The lowest BCUT2D eigenvalue weighted by atomic mass is 9.98. The van der Waals surface area contributed by atoms with E-state index in [-0.39, 0.29) is 47.0 Å². The van der Waals surface area contributed by atoms with Gasteiger partial charge in [0.05, 0.1) is 11.1 Å². The molecule has 0 bridgehead atoms. The summed E-state index contributed by atoms with van der Waals surface area (Å²) in [7, 11) is 0. The number of benzene rings is 2. The molecule has 0 aromatic heterocycles. The van der Waals surface area contributed by atoms with Crippen LogP contribution in [0.3, 0.4) is 0 Å². The lowest BCUT2D eigenvalue weighted by Crippen LogP contribution is -2.06. The Morgan fingerprint density at radius 1 is 0.773 bits per heavy atom. The van der Waals surface area contributed by atoms with Gasteiger partial charge in [-0.1, -0.05) is 23.3 Å². The number of Topliss-reactive ketones (excluding diaryl/α,β-unsaturated/α-hetero) is 2. The molecule has 0 spiro atoms. The summed E-state index contributed by atoms with van der Waals surface area (Å²) < 4.78 is 0. The van der Waals surface area contributed by atoms with Gasteiger partial charge in [0.15, 0.2) is 11.6 Å². The average molecular weight is 298 g/mol. The molecule has 2 aromatic carbocycles. The molecule has 0 aliphatic heterocycles. The van der Waals surface area contributed by atoms with E-state index in [0.717, 1.165) is 11.1 Å². The van der Waals surface area contributed by atoms with Crippen LogP contribution >= 0.6 is 0 Å². The highest BCUT2D eigenvalue weighted by Gasteiger charge is 2.16. The molecule has 0 heterocycles. The van der Waals surface area contributed by atoms with Crippen molar-refractivity contribution in [2.24, 2.45) is 0 Å². The minimum absolute atomic E-state index is 0.0107. The first-order valence-electron chi connectivity index (χ1n) is 7.04. The van der Waals surface area contributed by atoms with E-state index in [9.17, 15) is 19.8 Å². The minimum atomic E-state index is -0.290. The van der Waals surface area contributed by atoms with Gasteiger partial charge in [-0.05, 0) is 38.1 Å². The van der Waals surface area contributed by atoms with Crippen molar-refractivity contribution in [2.75, 3.05) is 0 Å². The number of phenolic OH excluding ortho intramolecular Hbond substituents is 2. The third-order valence-corrected chi connectivity index (χ3v) is 3.48. The molecule has 2 N–H and O–H groups in total. The fourth-order valence-electron chi connectivity index (χ4n) is 2.24. The zero-order valence-corrected chi connectivity index (χ0v) is 12.6. The molecule has 2 rings (SSSR count). The van der Waals surface area contributed by atoms with E-state index in [4.69, 9.17) is 0 Å². The van der Waals surface area contributed by atoms with Crippen molar-refractivity contribution < 1.29 is 19.8 Å². The number of hydrogen-bond acceptors (Lipinski definition) is 4. The Labute approximate surface area is 129 Å². The quantitative estimate of drug-likeness (QED) is 0.828. The number of ketones is 2. The highest BCUT2D eigenvalue weighted by Crippen LogP contribution is 2.23. The molecule has 0 aliphatic carbocycles. The van der Waals surface area contributed by atoms with Crippen molar-refractivity contribution in [3.8, 4) is 11.5 Å². The molecule has 22 heavy (non-hydrogen) atoms. The fraction of sp³-hybridized carbons (Fsp3) is 0.222. The number of phenols is 2. The van der Waals surface area contributed by atoms with E-state index in [2.05, 4.69) is 0 Å². The Morgan fingerprint density at radius 3 is 1.50 bits per heavy atom. The zero-order chi connectivity index (χ0) is 16.3. The molecule has 0 amide bonds. The van der Waals surface area contributed by atoms with Gasteiger partial charge in [-0.15, -0.1) is 0 Å². The van der Waals surface area contributed by atoms with Crippen molar-refractivity contribution in [3.63, 3.8) is 0 Å². The number of rotatable bonds is 5. The number of carbonyl (C=O) groups excluding carboxylic acids is 2. The molecule has 0 aliphatic rings. The van der Waals surface area contributed by atoms with Gasteiger partial charge in [0.25, 0.3) is 0 Å². The second kappa shape index (κ2) is 6.43. The van der Waals surface area contributed by atoms with Crippen LogP contribution in [-0.2, 0) is 0 Å². The number of hydrogen-bond donors (Lipinski definition) is 2. The van der Waals surface area contributed by atoms with Crippen LogP contribution in [0, 0.1) is 13.8 Å². The van der Waals surface area contributed by atoms with E-state index >= 15 is 0 Å². The van der Waals surface area contributed by atoms with Crippen LogP contribution in [0.1, 0.15) is 44.7 Å². The Balaban J connectivity index is 2.09. The highest BCUT2D eigenvalue weighted by atomic mass is 16.3. The summed E-state index contributed by atoms with van der Waals surface area (Å²) in [5.41, 5.74) is 2.18. The predicted octanol–water partition coefficient (Wildman–Crippen LogP) is 3.56. The van der Waals surface area contributed by atoms with E-state index in [1.807, 2.05) is 13.8 Å². The molecule has 114 valence electrons. The summed E-state index contributed by atoms with van der Waals surface area (Å²) in [6.07, 6.45) is -0.0214. The Hall–Kier alpha value is -2.62. The SMILES string of the molecule is Cc1ccc(O)c(C(=O)CCC(=O)c2cc(C)ccc2O)c1. The molecule has 0 fully saturated rings. The van der Waals surface area contributed by atoms with Crippen LogP contribution in [0.15, 0.2) is 36.4 Å². The highest BCUT2D eigenvalue weighted by molar-refractivity contribution is 6.04. The van der Waals surface area contributed by atoms with Crippen LogP contribution in [-0.4, -0.2) is 21.8 Å². The molecule has 0 saturated heterocycles. The molecule has 0 radical (unpaired) electrons. The summed E-state index contributed by atoms with van der Waals surface area (Å²) >= 11 is 0. The van der Waals surface area contributed by atoms with Crippen LogP contribution in [0.5, 0.6) is 11.5 Å². The topological polar surface area (TPSA) is 74.6 Å². The summed E-state index contributed by atoms with van der Waals surface area (Å²) in [5.74, 6) is -0.744. The fourth-order valence-corrected chi connectivity index (χ4v) is 2.24. The number of aryl methyl sites for hydroxylation is 2. The van der Waals surface area contributed by atoms with Crippen molar-refractivity contribution in [2.45, 2.75) is 26.7 Å². The Bertz CT molecular complexity index is 668. The molecule has 4 heteroatoms. The number of carbonyl (C=O) groups is 2. The van der Waals surface area contributed by atoms with Gasteiger partial charge in [0.1, 0.15) is 11.5 Å². The van der Waals surface area contributed by atoms with E-state index in [1.54, 1.807) is 24.3 Å². The Morgan fingerprint density at radius 2 is 1.14 bits per heavy atom. The molecule has 0 atom stereocenters. The number of aromatic hydroxyl groups is 2. The minimum Gasteiger partial charge on any atom is -0.507 e.